The van der Waals surface area contributed by atoms with E-state index in [2.05, 4.69) is 4.72 Å². The van der Waals surface area contributed by atoms with E-state index in [9.17, 15) is 27.1 Å². The van der Waals surface area contributed by atoms with Crippen LogP contribution in [0.5, 0.6) is 0 Å². The average Bonchev–Trinajstić information content (AvgIpc) is 2.24. The highest BCUT2D eigenvalue weighted by molar-refractivity contribution is 7.89. The number of hydrogen-bond donors (Lipinski definition) is 2. The second kappa shape index (κ2) is 6.45. The predicted octanol–water partition coefficient (Wildman–Crippen LogP) is 0.361. The number of nitrogens with one attached hydrogen (secondary N) is 1. The van der Waals surface area contributed by atoms with Crippen molar-refractivity contribution in [3.63, 3.8) is 0 Å². The summed E-state index contributed by atoms with van der Waals surface area (Å²) < 4.78 is 51.1. The Balaban J connectivity index is 3.20. The van der Waals surface area contributed by atoms with Gasteiger partial charge in [-0.25, -0.2) is 17.5 Å². The Labute approximate surface area is 123 Å². The third-order valence-corrected chi connectivity index (χ3v) is 5.03. The van der Waals surface area contributed by atoms with Gasteiger partial charge in [0, 0.05) is 34.9 Å². The summed E-state index contributed by atoms with van der Waals surface area (Å²) in [6.07, 6.45) is 1.39. The Morgan fingerprint density at radius 1 is 1.52 bits per heavy atom. The van der Waals surface area contributed by atoms with Crippen molar-refractivity contribution in [1.29, 1.82) is 0 Å². The van der Waals surface area contributed by atoms with Gasteiger partial charge < -0.3 is 5.73 Å². The Hall–Kier alpha value is -1.59. The molecule has 0 aliphatic rings. The van der Waals surface area contributed by atoms with Crippen LogP contribution in [0.2, 0.25) is 0 Å². The summed E-state index contributed by atoms with van der Waals surface area (Å²) in [5, 5.41) is 10.5. The molecular weight excluding hydrogens is 325 g/mol. The highest BCUT2D eigenvalue weighted by atomic mass is 32.2. The molecule has 0 saturated carbocycles. The summed E-state index contributed by atoms with van der Waals surface area (Å²) in [6.45, 7) is 1.46. The molecule has 0 aromatic heterocycles. The van der Waals surface area contributed by atoms with E-state index in [1.807, 2.05) is 0 Å². The minimum atomic E-state index is -4.32. The van der Waals surface area contributed by atoms with E-state index in [-0.39, 0.29) is 5.75 Å². The van der Waals surface area contributed by atoms with Gasteiger partial charge in [0.15, 0.2) is 5.82 Å². The maximum atomic E-state index is 13.8. The number of hydrogen-bond acceptors (Lipinski definition) is 6. The summed E-state index contributed by atoms with van der Waals surface area (Å²) >= 11 is 0. The SMILES string of the molecule is CC(CS(C)=O)NS(=O)(=O)c1c(N)cc([N+](=O)[O-])cc1F. The maximum absolute atomic E-state index is 13.8. The molecule has 0 bridgehead atoms. The van der Waals surface area contributed by atoms with Crippen molar-refractivity contribution in [1.82, 2.24) is 4.72 Å². The molecule has 8 nitrogen and oxygen atoms in total. The van der Waals surface area contributed by atoms with Crippen LogP contribution in [0.25, 0.3) is 0 Å². The number of nitro benzene ring substituents is 1. The monoisotopic (exact) mass is 339 g/mol. The molecule has 2 unspecified atom stereocenters. The zero-order chi connectivity index (χ0) is 16.4. The van der Waals surface area contributed by atoms with Crippen LogP contribution >= 0.6 is 0 Å². The van der Waals surface area contributed by atoms with Gasteiger partial charge >= 0.3 is 0 Å². The quantitative estimate of drug-likeness (QED) is 0.437. The van der Waals surface area contributed by atoms with Gasteiger partial charge in [0.1, 0.15) is 4.90 Å². The second-order valence-electron chi connectivity index (χ2n) is 4.37. The van der Waals surface area contributed by atoms with Crippen molar-refractivity contribution >= 4 is 32.2 Å². The summed E-state index contributed by atoms with van der Waals surface area (Å²) in [5.41, 5.74) is 4.18. The van der Waals surface area contributed by atoms with Crippen molar-refractivity contribution in [2.45, 2.75) is 17.9 Å². The van der Waals surface area contributed by atoms with Crippen LogP contribution in [0.4, 0.5) is 15.8 Å². The Bertz CT molecular complexity index is 669. The third-order valence-electron chi connectivity index (χ3n) is 2.38. The van der Waals surface area contributed by atoms with E-state index in [0.717, 1.165) is 6.07 Å². The van der Waals surface area contributed by atoms with E-state index in [1.54, 1.807) is 0 Å². The van der Waals surface area contributed by atoms with Crippen molar-refractivity contribution in [3.8, 4) is 0 Å². The first-order valence-electron chi connectivity index (χ1n) is 5.60. The lowest BCUT2D eigenvalue weighted by molar-refractivity contribution is -0.385. The molecule has 0 spiro atoms. The van der Waals surface area contributed by atoms with Gasteiger partial charge in [0.05, 0.1) is 16.7 Å². The molecule has 0 aliphatic heterocycles. The first-order valence-corrected chi connectivity index (χ1v) is 8.81. The van der Waals surface area contributed by atoms with Crippen molar-refractivity contribution in [3.05, 3.63) is 28.1 Å². The van der Waals surface area contributed by atoms with Crippen LogP contribution in [0, 0.1) is 15.9 Å². The molecule has 0 fully saturated rings. The van der Waals surface area contributed by atoms with Crippen molar-refractivity contribution < 1.29 is 21.9 Å². The first kappa shape index (κ1) is 17.5. The molecule has 0 heterocycles. The molecule has 3 N–H and O–H groups in total. The van der Waals surface area contributed by atoms with Gasteiger partial charge in [-0.15, -0.1) is 0 Å². The molecule has 0 saturated heterocycles. The van der Waals surface area contributed by atoms with Crippen LogP contribution in [-0.4, -0.2) is 35.6 Å². The van der Waals surface area contributed by atoms with Crippen LogP contribution < -0.4 is 10.5 Å². The highest BCUT2D eigenvalue weighted by Crippen LogP contribution is 2.27. The minimum Gasteiger partial charge on any atom is -0.397 e. The van der Waals surface area contributed by atoms with Crippen LogP contribution in [0.15, 0.2) is 17.0 Å². The molecule has 2 atom stereocenters. The number of non-ortho nitro benzene ring substituents is 1. The number of sulfonamides is 1. The molecule has 0 radical (unpaired) electrons. The fourth-order valence-electron chi connectivity index (χ4n) is 1.70. The summed E-state index contributed by atoms with van der Waals surface area (Å²) in [7, 11) is -5.56. The number of nitrogens with two attached hydrogens (primary N) is 1. The Kier molecular flexibility index (Phi) is 5.36. The van der Waals surface area contributed by atoms with Crippen LogP contribution in [0.1, 0.15) is 6.92 Å². The number of rotatable bonds is 6. The number of nitrogens with zero attached hydrogens (tertiary/aromatic N) is 1. The number of benzene rings is 1. The fourth-order valence-corrected chi connectivity index (χ4v) is 4.01. The summed E-state index contributed by atoms with van der Waals surface area (Å²) in [4.78, 5) is 8.81. The van der Waals surface area contributed by atoms with Crippen LogP contribution in [-0.2, 0) is 20.8 Å². The van der Waals surface area contributed by atoms with Gasteiger partial charge in [-0.1, -0.05) is 0 Å². The van der Waals surface area contributed by atoms with E-state index in [0.29, 0.717) is 6.07 Å². The number of anilines is 1. The topological polar surface area (TPSA) is 132 Å². The van der Waals surface area contributed by atoms with Crippen molar-refractivity contribution in [2.24, 2.45) is 0 Å². The van der Waals surface area contributed by atoms with Crippen molar-refractivity contribution in [2.75, 3.05) is 17.7 Å². The average molecular weight is 339 g/mol. The largest absolute Gasteiger partial charge is 0.397 e. The molecule has 11 heteroatoms. The molecule has 1 aromatic carbocycles. The zero-order valence-electron chi connectivity index (χ0n) is 11.2. The van der Waals surface area contributed by atoms with E-state index < -0.39 is 53.9 Å². The van der Waals surface area contributed by atoms with Gasteiger partial charge in [0.25, 0.3) is 5.69 Å². The number of nitrogen functional groups attached to an aromatic ring is 1. The van der Waals surface area contributed by atoms with Gasteiger partial charge in [-0.3, -0.25) is 14.3 Å². The zero-order valence-corrected chi connectivity index (χ0v) is 12.8. The van der Waals surface area contributed by atoms with E-state index in [4.69, 9.17) is 5.73 Å². The third kappa shape index (κ3) is 4.44. The molecular formula is C10H14FN3O5S2. The van der Waals surface area contributed by atoms with Crippen LogP contribution in [0.3, 0.4) is 0 Å². The lowest BCUT2D eigenvalue weighted by Crippen LogP contribution is -2.36. The number of halogens is 1. The summed E-state index contributed by atoms with van der Waals surface area (Å²) in [6, 6.07) is 0.531. The van der Waals surface area contributed by atoms with Gasteiger partial charge in [-0.05, 0) is 6.92 Å². The summed E-state index contributed by atoms with van der Waals surface area (Å²) in [5.74, 6) is -1.28. The minimum absolute atomic E-state index is 0.0355. The molecule has 118 valence electrons. The normalized spacial score (nSPS) is 14.6. The molecule has 1 aromatic rings. The highest BCUT2D eigenvalue weighted by Gasteiger charge is 2.27. The van der Waals surface area contributed by atoms with Gasteiger partial charge in [0.2, 0.25) is 10.0 Å². The lowest BCUT2D eigenvalue weighted by Gasteiger charge is -2.14. The fraction of sp³-hybridized carbons (Fsp3) is 0.400. The molecule has 0 amide bonds. The standard InChI is InChI=1S/C10H14FN3O5S2/c1-6(5-20(2)17)13-21(18,19)10-8(11)3-7(14(15)16)4-9(10)12/h3-4,6,13H,5,12H2,1-2H3. The van der Waals surface area contributed by atoms with E-state index in [1.165, 1.54) is 13.2 Å². The Morgan fingerprint density at radius 3 is 2.52 bits per heavy atom. The maximum Gasteiger partial charge on any atom is 0.274 e. The molecule has 1 rings (SSSR count). The second-order valence-corrected chi connectivity index (χ2v) is 7.50. The molecule has 21 heavy (non-hydrogen) atoms. The number of nitro groups is 1. The first-order chi connectivity index (χ1) is 9.54. The smallest absolute Gasteiger partial charge is 0.274 e. The van der Waals surface area contributed by atoms with E-state index >= 15 is 0 Å². The predicted molar refractivity (Wildman–Crippen MR) is 76.2 cm³/mol. The van der Waals surface area contributed by atoms with Gasteiger partial charge in [-0.2, -0.15) is 0 Å². The molecule has 0 aliphatic carbocycles. The lowest BCUT2D eigenvalue weighted by atomic mass is 10.3. The Morgan fingerprint density at radius 2 is 2.10 bits per heavy atom.